The van der Waals surface area contributed by atoms with Crippen molar-refractivity contribution in [3.05, 3.63) is 24.5 Å². The Morgan fingerprint density at radius 2 is 2.17 bits per heavy atom. The van der Waals surface area contributed by atoms with E-state index in [1.165, 1.54) is 18.3 Å². The number of aromatic nitrogens is 1. The maximum absolute atomic E-state index is 10.00. The fraction of sp³-hybridized carbons (Fsp3) is 0. The summed E-state index contributed by atoms with van der Waals surface area (Å²) in [5, 5.41) is 0. The second-order valence-corrected chi connectivity index (χ2v) is 2.66. The van der Waals surface area contributed by atoms with Crippen LogP contribution in [0.3, 0.4) is 0 Å². The van der Waals surface area contributed by atoms with Gasteiger partial charge in [0.25, 0.3) is 10.4 Å². The van der Waals surface area contributed by atoms with Gasteiger partial charge in [-0.15, -0.1) is 0 Å². The molecule has 0 fully saturated rings. The van der Waals surface area contributed by atoms with Crippen LogP contribution in [-0.4, -0.2) is 18.0 Å². The van der Waals surface area contributed by atoms with Gasteiger partial charge in [0.05, 0.1) is 6.20 Å². The van der Waals surface area contributed by atoms with Crippen molar-refractivity contribution < 1.29 is 46.7 Å². The summed E-state index contributed by atoms with van der Waals surface area (Å²) in [6, 6.07) is 2.78. The summed E-state index contributed by atoms with van der Waals surface area (Å²) in [5.41, 5.74) is 0. The second-order valence-electron chi connectivity index (χ2n) is 1.68. The number of rotatable bonds is 2. The first-order valence-electron chi connectivity index (χ1n) is 2.63. The van der Waals surface area contributed by atoms with E-state index in [0.29, 0.717) is 0 Å². The largest absolute Gasteiger partial charge is 1.00 e. The van der Waals surface area contributed by atoms with Crippen molar-refractivity contribution >= 4 is 10.4 Å². The molecule has 60 valence electrons. The summed E-state index contributed by atoms with van der Waals surface area (Å²) in [4.78, 5) is 3.54. The standard InChI is InChI=1S/C5H5NO4S.Na/c7-11(8,9)10-5-2-1-3-6-4-5;/h1-4H,(H,7,8,9);/q;+1/p-1. The fourth-order valence-corrected chi connectivity index (χ4v) is 0.849. The molecule has 0 unspecified atom stereocenters. The summed E-state index contributed by atoms with van der Waals surface area (Å²) in [5.74, 6) is -0.0810. The van der Waals surface area contributed by atoms with E-state index in [0.717, 1.165) is 6.20 Å². The molecule has 0 atom stereocenters. The van der Waals surface area contributed by atoms with Gasteiger partial charge in [0, 0.05) is 6.20 Å². The molecule has 7 heteroatoms. The first-order chi connectivity index (χ1) is 5.08. The molecule has 12 heavy (non-hydrogen) atoms. The summed E-state index contributed by atoms with van der Waals surface area (Å²) >= 11 is 0. The summed E-state index contributed by atoms with van der Waals surface area (Å²) in [6.45, 7) is 0. The van der Waals surface area contributed by atoms with Crippen LogP contribution in [0.5, 0.6) is 5.75 Å². The quantitative estimate of drug-likeness (QED) is 0.285. The molecular weight excluding hydrogens is 193 g/mol. The number of hydrogen-bond donors (Lipinski definition) is 0. The Morgan fingerprint density at radius 3 is 2.58 bits per heavy atom. The first-order valence-corrected chi connectivity index (χ1v) is 3.96. The van der Waals surface area contributed by atoms with Crippen molar-refractivity contribution in [3.8, 4) is 5.75 Å². The molecule has 0 saturated carbocycles. The average molecular weight is 197 g/mol. The van der Waals surface area contributed by atoms with E-state index in [1.54, 1.807) is 0 Å². The monoisotopic (exact) mass is 197 g/mol. The molecule has 0 aliphatic heterocycles. The van der Waals surface area contributed by atoms with Crippen LogP contribution in [0.25, 0.3) is 0 Å². The van der Waals surface area contributed by atoms with Gasteiger partial charge in [-0.3, -0.25) is 4.98 Å². The Balaban J connectivity index is 0.00000121. The summed E-state index contributed by atoms with van der Waals surface area (Å²) < 4.78 is 33.9. The molecule has 0 N–H and O–H groups in total. The van der Waals surface area contributed by atoms with E-state index in [4.69, 9.17) is 0 Å². The molecule has 1 aromatic heterocycles. The fourth-order valence-electron chi connectivity index (χ4n) is 0.514. The summed E-state index contributed by atoms with van der Waals surface area (Å²) in [7, 11) is -4.67. The molecule has 0 spiro atoms. The SMILES string of the molecule is O=S(=O)([O-])Oc1cccnc1.[Na+]. The van der Waals surface area contributed by atoms with Crippen LogP contribution >= 0.6 is 0 Å². The molecule has 1 aromatic rings. The minimum absolute atomic E-state index is 0. The van der Waals surface area contributed by atoms with Crippen LogP contribution in [0, 0.1) is 0 Å². The van der Waals surface area contributed by atoms with E-state index >= 15 is 0 Å². The zero-order valence-corrected chi connectivity index (χ0v) is 9.11. The van der Waals surface area contributed by atoms with Crippen molar-refractivity contribution in [2.45, 2.75) is 0 Å². The van der Waals surface area contributed by atoms with E-state index in [2.05, 4.69) is 9.17 Å². The van der Waals surface area contributed by atoms with Crippen LogP contribution in [-0.2, 0) is 10.4 Å². The van der Waals surface area contributed by atoms with Crippen LogP contribution in [0.15, 0.2) is 24.5 Å². The average Bonchev–Trinajstić information content (AvgIpc) is 1.85. The Morgan fingerprint density at radius 1 is 1.50 bits per heavy atom. The van der Waals surface area contributed by atoms with Gasteiger partial charge in [-0.1, -0.05) is 0 Å². The molecule has 5 nitrogen and oxygen atoms in total. The van der Waals surface area contributed by atoms with E-state index in [9.17, 15) is 13.0 Å². The third-order valence-corrected chi connectivity index (χ3v) is 1.23. The molecule has 0 aliphatic rings. The Kier molecular flexibility index (Phi) is 4.73. The maximum atomic E-state index is 10.00. The zero-order valence-electron chi connectivity index (χ0n) is 6.30. The third-order valence-electron chi connectivity index (χ3n) is 0.833. The Labute approximate surface area is 92.0 Å². The van der Waals surface area contributed by atoms with Crippen molar-refractivity contribution in [2.24, 2.45) is 0 Å². The van der Waals surface area contributed by atoms with Crippen molar-refractivity contribution in [2.75, 3.05) is 0 Å². The minimum Gasteiger partial charge on any atom is -0.716 e. The van der Waals surface area contributed by atoms with Gasteiger partial charge in [0.2, 0.25) is 0 Å². The van der Waals surface area contributed by atoms with Gasteiger partial charge >= 0.3 is 29.6 Å². The van der Waals surface area contributed by atoms with Gasteiger partial charge < -0.3 is 8.74 Å². The number of hydrogen-bond acceptors (Lipinski definition) is 5. The van der Waals surface area contributed by atoms with E-state index < -0.39 is 10.4 Å². The van der Waals surface area contributed by atoms with Gasteiger partial charge in [-0.05, 0) is 12.1 Å². The van der Waals surface area contributed by atoms with E-state index in [1.807, 2.05) is 0 Å². The molecule has 0 aliphatic carbocycles. The van der Waals surface area contributed by atoms with Gasteiger partial charge in [0.15, 0.2) is 5.75 Å². The molecule has 1 rings (SSSR count). The molecule has 0 bridgehead atoms. The van der Waals surface area contributed by atoms with Crippen molar-refractivity contribution in [3.63, 3.8) is 0 Å². The minimum atomic E-state index is -4.67. The molecule has 0 saturated heterocycles. The molecular formula is C5H4NNaO4S. The van der Waals surface area contributed by atoms with Crippen molar-refractivity contribution in [1.82, 2.24) is 4.98 Å². The molecule has 1 heterocycles. The molecule has 0 radical (unpaired) electrons. The van der Waals surface area contributed by atoms with Gasteiger partial charge in [0.1, 0.15) is 0 Å². The maximum Gasteiger partial charge on any atom is 1.00 e. The predicted molar refractivity (Wildman–Crippen MR) is 34.6 cm³/mol. The van der Waals surface area contributed by atoms with Gasteiger partial charge in [-0.25, -0.2) is 8.42 Å². The number of pyridine rings is 1. The summed E-state index contributed by atoms with van der Waals surface area (Å²) in [6.07, 6.45) is 2.57. The molecule has 0 aromatic carbocycles. The first kappa shape index (κ1) is 11.9. The van der Waals surface area contributed by atoms with Crippen LogP contribution in [0.1, 0.15) is 0 Å². The van der Waals surface area contributed by atoms with Crippen LogP contribution in [0.4, 0.5) is 0 Å². The third kappa shape index (κ3) is 4.68. The van der Waals surface area contributed by atoms with Crippen LogP contribution in [0.2, 0.25) is 0 Å². The second kappa shape index (κ2) is 4.78. The smallest absolute Gasteiger partial charge is 0.716 e. The Bertz CT molecular complexity index is 325. The predicted octanol–water partition coefficient (Wildman–Crippen LogP) is -3.08. The van der Waals surface area contributed by atoms with Gasteiger partial charge in [-0.2, -0.15) is 0 Å². The molecule has 0 amide bonds. The number of nitrogens with zero attached hydrogens (tertiary/aromatic N) is 1. The van der Waals surface area contributed by atoms with Crippen molar-refractivity contribution in [1.29, 1.82) is 0 Å². The normalized spacial score (nSPS) is 10.1. The Hall–Kier alpha value is -0.140. The zero-order chi connectivity index (χ0) is 8.32. The van der Waals surface area contributed by atoms with E-state index in [-0.39, 0.29) is 35.3 Å². The topological polar surface area (TPSA) is 79.3 Å². The van der Waals surface area contributed by atoms with Crippen LogP contribution < -0.4 is 33.7 Å².